The molecule has 0 bridgehead atoms. The predicted molar refractivity (Wildman–Crippen MR) is 102 cm³/mol. The van der Waals surface area contributed by atoms with Gasteiger partial charge in [-0.25, -0.2) is 0 Å². The van der Waals surface area contributed by atoms with E-state index in [4.69, 9.17) is 0 Å². The summed E-state index contributed by atoms with van der Waals surface area (Å²) in [4.78, 5) is 27.5. The highest BCUT2D eigenvalue weighted by molar-refractivity contribution is 6.01. The van der Waals surface area contributed by atoms with Crippen LogP contribution in [-0.2, 0) is 0 Å². The minimum Gasteiger partial charge on any atom is -0.372 e. The Labute approximate surface area is 152 Å². The molecule has 0 saturated carbocycles. The van der Waals surface area contributed by atoms with Gasteiger partial charge in [-0.1, -0.05) is 25.1 Å². The van der Waals surface area contributed by atoms with Gasteiger partial charge in [0.25, 0.3) is 11.6 Å². The summed E-state index contributed by atoms with van der Waals surface area (Å²) in [6.45, 7) is 2.57. The van der Waals surface area contributed by atoms with Crippen molar-refractivity contribution >= 4 is 23.0 Å². The second-order valence-corrected chi connectivity index (χ2v) is 6.49. The Kier molecular flexibility index (Phi) is 4.79. The molecule has 0 fully saturated rings. The van der Waals surface area contributed by atoms with E-state index in [0.717, 1.165) is 12.1 Å². The number of carbonyl (C=O) groups excluding carboxylic acids is 1. The number of anilines is 2. The van der Waals surface area contributed by atoms with Gasteiger partial charge >= 0.3 is 0 Å². The molecule has 0 spiro atoms. The molecule has 1 heterocycles. The Morgan fingerprint density at radius 2 is 1.96 bits per heavy atom. The van der Waals surface area contributed by atoms with Gasteiger partial charge in [-0.3, -0.25) is 14.9 Å². The number of nitrogens with one attached hydrogen (secondary N) is 1. The van der Waals surface area contributed by atoms with Gasteiger partial charge in [0.05, 0.1) is 10.5 Å². The normalized spacial score (nSPS) is 16.0. The Bertz CT molecular complexity index is 850. The lowest BCUT2D eigenvalue weighted by Crippen LogP contribution is -2.43. The van der Waals surface area contributed by atoms with Gasteiger partial charge in [-0.05, 0) is 24.6 Å². The molecule has 1 atom stereocenters. The maximum Gasteiger partial charge on any atom is 0.292 e. The highest BCUT2D eigenvalue weighted by Crippen LogP contribution is 2.36. The minimum atomic E-state index is -0.438. The zero-order valence-electron chi connectivity index (χ0n) is 15.1. The van der Waals surface area contributed by atoms with E-state index in [-0.39, 0.29) is 16.5 Å². The Morgan fingerprint density at radius 1 is 1.23 bits per heavy atom. The third-order valence-electron chi connectivity index (χ3n) is 4.48. The lowest BCUT2D eigenvalue weighted by Gasteiger charge is -2.38. The first kappa shape index (κ1) is 17.7. The van der Waals surface area contributed by atoms with E-state index in [1.165, 1.54) is 0 Å². The number of nitro groups is 1. The summed E-state index contributed by atoms with van der Waals surface area (Å²) in [6, 6.07) is 12.5. The number of rotatable bonds is 5. The molecule has 1 N–H and O–H groups in total. The van der Waals surface area contributed by atoms with Gasteiger partial charge in [0.1, 0.15) is 11.9 Å². The molecule has 1 aliphatic heterocycles. The molecule has 1 amide bonds. The number of nitrogens with zero attached hydrogens (tertiary/aromatic N) is 3. The highest BCUT2D eigenvalue weighted by Gasteiger charge is 2.33. The summed E-state index contributed by atoms with van der Waals surface area (Å²) in [5.41, 5.74) is 2.62. The number of carbonyl (C=O) groups is 1. The minimum absolute atomic E-state index is 0.0251. The van der Waals surface area contributed by atoms with Gasteiger partial charge in [-0.15, -0.1) is 0 Å². The lowest BCUT2D eigenvalue weighted by atomic mass is 10.0. The highest BCUT2D eigenvalue weighted by atomic mass is 16.6. The van der Waals surface area contributed by atoms with Crippen LogP contribution in [0.5, 0.6) is 0 Å². The third-order valence-corrected chi connectivity index (χ3v) is 4.48. The van der Waals surface area contributed by atoms with Crippen LogP contribution in [0.25, 0.3) is 0 Å². The zero-order chi connectivity index (χ0) is 18.8. The molecule has 1 aliphatic rings. The second-order valence-electron chi connectivity index (χ2n) is 6.49. The summed E-state index contributed by atoms with van der Waals surface area (Å²) >= 11 is 0. The molecule has 0 saturated heterocycles. The van der Waals surface area contributed by atoms with Gasteiger partial charge < -0.3 is 15.1 Å². The van der Waals surface area contributed by atoms with Crippen LogP contribution in [0.1, 0.15) is 35.4 Å². The van der Waals surface area contributed by atoms with Crippen LogP contribution in [0.2, 0.25) is 0 Å². The molecule has 3 rings (SSSR count). The number of fused-ring (bicyclic) bond motifs is 1. The SMILES string of the molecule is CCCN1C(=O)c2ccccc2N[C@H]1c1ccc(N(C)C)c([N+](=O)[O-])c1. The molecule has 7 heteroatoms. The molecule has 7 nitrogen and oxygen atoms in total. The van der Waals surface area contributed by atoms with Crippen LogP contribution < -0.4 is 10.2 Å². The average Bonchev–Trinajstić information content (AvgIpc) is 2.63. The molecule has 0 aromatic heterocycles. The molecule has 0 unspecified atom stereocenters. The van der Waals surface area contributed by atoms with Gasteiger partial charge in [0.2, 0.25) is 0 Å². The first-order valence-electron chi connectivity index (χ1n) is 8.56. The van der Waals surface area contributed by atoms with Gasteiger partial charge in [0, 0.05) is 38.0 Å². The fourth-order valence-electron chi connectivity index (χ4n) is 3.26. The summed E-state index contributed by atoms with van der Waals surface area (Å²) in [6.07, 6.45) is 0.358. The summed E-state index contributed by atoms with van der Waals surface area (Å²) in [5, 5.41) is 14.9. The van der Waals surface area contributed by atoms with Crippen molar-refractivity contribution in [3.63, 3.8) is 0 Å². The molecule has 26 heavy (non-hydrogen) atoms. The van der Waals surface area contributed by atoms with E-state index in [1.807, 2.05) is 31.2 Å². The van der Waals surface area contributed by atoms with Crippen LogP contribution in [0.3, 0.4) is 0 Å². The number of nitro benzene ring substituents is 1. The van der Waals surface area contributed by atoms with E-state index in [1.54, 1.807) is 42.1 Å². The second kappa shape index (κ2) is 7.03. The van der Waals surface area contributed by atoms with Crippen LogP contribution in [-0.4, -0.2) is 36.4 Å². The number of hydrogen-bond donors (Lipinski definition) is 1. The predicted octanol–water partition coefficient (Wildman–Crippen LogP) is 3.64. The lowest BCUT2D eigenvalue weighted by molar-refractivity contribution is -0.384. The van der Waals surface area contributed by atoms with Crippen LogP contribution in [0.4, 0.5) is 17.1 Å². The topological polar surface area (TPSA) is 78.7 Å². The summed E-state index contributed by atoms with van der Waals surface area (Å²) in [5.74, 6) is -0.0643. The quantitative estimate of drug-likeness (QED) is 0.655. The fourth-order valence-corrected chi connectivity index (χ4v) is 3.26. The number of amides is 1. The maximum absolute atomic E-state index is 12.9. The van der Waals surface area contributed by atoms with Crippen molar-refractivity contribution in [3.8, 4) is 0 Å². The Hall–Kier alpha value is -3.09. The smallest absolute Gasteiger partial charge is 0.292 e. The monoisotopic (exact) mass is 354 g/mol. The average molecular weight is 354 g/mol. The molecule has 2 aromatic rings. The number of para-hydroxylation sites is 1. The van der Waals surface area contributed by atoms with Gasteiger partial charge in [0.15, 0.2) is 0 Å². The largest absolute Gasteiger partial charge is 0.372 e. The van der Waals surface area contributed by atoms with E-state index in [0.29, 0.717) is 23.4 Å². The summed E-state index contributed by atoms with van der Waals surface area (Å²) < 4.78 is 0. The standard InChI is InChI=1S/C19H22N4O3/c1-4-11-22-18(20-15-8-6-5-7-14(15)19(22)24)13-9-10-16(21(2)3)17(12-13)23(25)26/h5-10,12,18,20H,4,11H2,1-3H3/t18-/m1/s1. The van der Waals surface area contributed by atoms with Crippen molar-refractivity contribution in [1.82, 2.24) is 4.90 Å². The van der Waals surface area contributed by atoms with E-state index >= 15 is 0 Å². The van der Waals surface area contributed by atoms with E-state index in [9.17, 15) is 14.9 Å². The molecule has 0 radical (unpaired) electrons. The molecule has 2 aromatic carbocycles. The zero-order valence-corrected chi connectivity index (χ0v) is 15.1. The fraction of sp³-hybridized carbons (Fsp3) is 0.316. The first-order valence-corrected chi connectivity index (χ1v) is 8.56. The van der Waals surface area contributed by atoms with Crippen molar-refractivity contribution in [2.45, 2.75) is 19.5 Å². The number of benzene rings is 2. The molecular weight excluding hydrogens is 332 g/mol. The van der Waals surface area contributed by atoms with Crippen molar-refractivity contribution in [1.29, 1.82) is 0 Å². The Morgan fingerprint density at radius 3 is 2.62 bits per heavy atom. The van der Waals surface area contributed by atoms with Crippen molar-refractivity contribution in [2.75, 3.05) is 30.9 Å². The van der Waals surface area contributed by atoms with Crippen molar-refractivity contribution < 1.29 is 9.72 Å². The van der Waals surface area contributed by atoms with Gasteiger partial charge in [-0.2, -0.15) is 0 Å². The molecular formula is C19H22N4O3. The molecule has 0 aliphatic carbocycles. The van der Waals surface area contributed by atoms with Crippen LogP contribution in [0.15, 0.2) is 42.5 Å². The summed E-state index contributed by atoms with van der Waals surface area (Å²) in [7, 11) is 3.54. The van der Waals surface area contributed by atoms with Crippen molar-refractivity contribution in [3.05, 3.63) is 63.7 Å². The van der Waals surface area contributed by atoms with E-state index < -0.39 is 6.17 Å². The van der Waals surface area contributed by atoms with Crippen LogP contribution in [0, 0.1) is 10.1 Å². The van der Waals surface area contributed by atoms with Crippen LogP contribution >= 0.6 is 0 Å². The third kappa shape index (κ3) is 3.08. The number of hydrogen-bond acceptors (Lipinski definition) is 5. The molecule has 136 valence electrons. The van der Waals surface area contributed by atoms with Crippen molar-refractivity contribution in [2.24, 2.45) is 0 Å². The Balaban J connectivity index is 2.08. The van der Waals surface area contributed by atoms with E-state index in [2.05, 4.69) is 5.32 Å². The maximum atomic E-state index is 12.9. The first-order chi connectivity index (χ1) is 12.4.